The molecular weight excluding hydrogens is 404 g/mol. The first-order valence-electron chi connectivity index (χ1n) is 9.99. The standard InChI is InChI=1S/C22H28N2O5S/c1-5-17-6-9-19(10-7-17)24(30(4,26)27)16(3)22(25)23-15(2)18-8-11-20-21(14-18)29-13-12-28-20/h6-11,14-16H,5,12-13H2,1-4H3,(H,23,25)/t15-,16+/m1/s1. The average Bonchev–Trinajstić information content (AvgIpc) is 2.72. The van der Waals surface area contributed by atoms with Crippen LogP contribution in [0.15, 0.2) is 42.5 Å². The van der Waals surface area contributed by atoms with Crippen LogP contribution in [-0.4, -0.2) is 39.8 Å². The third-order valence-electron chi connectivity index (χ3n) is 5.11. The van der Waals surface area contributed by atoms with Gasteiger partial charge in [0, 0.05) is 0 Å². The molecule has 30 heavy (non-hydrogen) atoms. The molecule has 1 aliphatic heterocycles. The number of nitrogens with zero attached hydrogens (tertiary/aromatic N) is 1. The molecule has 0 fully saturated rings. The van der Waals surface area contributed by atoms with E-state index in [4.69, 9.17) is 9.47 Å². The Hall–Kier alpha value is -2.74. The van der Waals surface area contributed by atoms with Gasteiger partial charge in [-0.05, 0) is 55.7 Å². The van der Waals surface area contributed by atoms with Gasteiger partial charge in [-0.15, -0.1) is 0 Å². The molecule has 1 aliphatic rings. The number of aryl methyl sites for hydroxylation is 1. The Morgan fingerprint density at radius 3 is 2.30 bits per heavy atom. The molecule has 0 saturated carbocycles. The van der Waals surface area contributed by atoms with Crippen LogP contribution in [-0.2, 0) is 21.2 Å². The SMILES string of the molecule is CCc1ccc(N([C@@H](C)C(=O)N[C@H](C)c2ccc3c(c2)OCCO3)S(C)(=O)=O)cc1. The third-order valence-corrected chi connectivity index (χ3v) is 6.35. The maximum absolute atomic E-state index is 12.9. The molecule has 0 spiro atoms. The molecule has 0 aliphatic carbocycles. The zero-order valence-electron chi connectivity index (χ0n) is 17.7. The predicted molar refractivity (Wildman–Crippen MR) is 117 cm³/mol. The number of sulfonamides is 1. The van der Waals surface area contributed by atoms with Crippen LogP contribution in [0.4, 0.5) is 5.69 Å². The van der Waals surface area contributed by atoms with Crippen LogP contribution < -0.4 is 19.1 Å². The van der Waals surface area contributed by atoms with Crippen molar-refractivity contribution in [2.45, 2.75) is 39.3 Å². The smallest absolute Gasteiger partial charge is 0.244 e. The monoisotopic (exact) mass is 432 g/mol. The number of carbonyl (C=O) groups is 1. The molecule has 1 N–H and O–H groups in total. The molecule has 0 unspecified atom stereocenters. The van der Waals surface area contributed by atoms with Crippen LogP contribution >= 0.6 is 0 Å². The van der Waals surface area contributed by atoms with E-state index in [2.05, 4.69) is 5.32 Å². The minimum atomic E-state index is -3.66. The summed E-state index contributed by atoms with van der Waals surface area (Å²) in [5.74, 6) is 0.930. The molecule has 2 aromatic carbocycles. The number of hydrogen-bond donors (Lipinski definition) is 1. The molecular formula is C22H28N2O5S. The number of ether oxygens (including phenoxy) is 2. The molecule has 3 rings (SSSR count). The molecule has 7 nitrogen and oxygen atoms in total. The highest BCUT2D eigenvalue weighted by Crippen LogP contribution is 2.32. The summed E-state index contributed by atoms with van der Waals surface area (Å²) in [6, 6.07) is 11.5. The molecule has 1 amide bonds. The van der Waals surface area contributed by atoms with Gasteiger partial charge in [0.2, 0.25) is 15.9 Å². The Bertz CT molecular complexity index is 1000. The lowest BCUT2D eigenvalue weighted by atomic mass is 10.1. The third kappa shape index (κ3) is 4.87. The molecule has 2 aromatic rings. The quantitative estimate of drug-likeness (QED) is 0.727. The molecule has 8 heteroatoms. The number of fused-ring (bicyclic) bond motifs is 1. The summed E-state index contributed by atoms with van der Waals surface area (Å²) in [7, 11) is -3.66. The summed E-state index contributed by atoms with van der Waals surface area (Å²) in [6.45, 7) is 6.45. The van der Waals surface area contributed by atoms with Crippen molar-refractivity contribution in [3.63, 3.8) is 0 Å². The van der Waals surface area contributed by atoms with Crippen LogP contribution in [0.3, 0.4) is 0 Å². The van der Waals surface area contributed by atoms with Gasteiger partial charge in [0.1, 0.15) is 19.3 Å². The Morgan fingerprint density at radius 1 is 1.07 bits per heavy atom. The van der Waals surface area contributed by atoms with Crippen LogP contribution in [0.5, 0.6) is 11.5 Å². The van der Waals surface area contributed by atoms with Crippen molar-refractivity contribution < 1.29 is 22.7 Å². The van der Waals surface area contributed by atoms with Gasteiger partial charge in [-0.2, -0.15) is 0 Å². The number of rotatable bonds is 7. The summed E-state index contributed by atoms with van der Waals surface area (Å²) in [5.41, 5.74) is 2.40. The van der Waals surface area contributed by atoms with E-state index in [0.29, 0.717) is 30.4 Å². The summed E-state index contributed by atoms with van der Waals surface area (Å²) in [4.78, 5) is 12.9. The van der Waals surface area contributed by atoms with Crippen molar-refractivity contribution in [1.82, 2.24) is 5.32 Å². The molecule has 162 valence electrons. The number of carbonyl (C=O) groups excluding carboxylic acids is 1. The van der Waals surface area contributed by atoms with Gasteiger partial charge in [-0.1, -0.05) is 25.1 Å². The van der Waals surface area contributed by atoms with Crippen molar-refractivity contribution in [3.05, 3.63) is 53.6 Å². The molecule has 0 bridgehead atoms. The van der Waals surface area contributed by atoms with Crippen molar-refractivity contribution in [2.24, 2.45) is 0 Å². The normalized spacial score (nSPS) is 15.2. The summed E-state index contributed by atoms with van der Waals surface area (Å²) in [5, 5.41) is 2.91. The maximum atomic E-state index is 12.9. The Balaban J connectivity index is 1.77. The van der Waals surface area contributed by atoms with E-state index in [-0.39, 0.29) is 11.9 Å². The molecule has 0 aromatic heterocycles. The average molecular weight is 433 g/mol. The highest BCUT2D eigenvalue weighted by molar-refractivity contribution is 7.92. The van der Waals surface area contributed by atoms with Gasteiger partial charge >= 0.3 is 0 Å². The summed E-state index contributed by atoms with van der Waals surface area (Å²) < 4.78 is 37.2. The first-order valence-corrected chi connectivity index (χ1v) is 11.8. The van der Waals surface area contributed by atoms with Crippen LogP contribution in [0, 0.1) is 0 Å². The minimum Gasteiger partial charge on any atom is -0.486 e. The Kier molecular flexibility index (Phi) is 6.55. The van der Waals surface area contributed by atoms with Gasteiger partial charge in [0.15, 0.2) is 11.5 Å². The summed E-state index contributed by atoms with van der Waals surface area (Å²) in [6.07, 6.45) is 1.96. The van der Waals surface area contributed by atoms with E-state index in [1.165, 1.54) is 0 Å². The second-order valence-corrected chi connectivity index (χ2v) is 9.25. The lowest BCUT2D eigenvalue weighted by Gasteiger charge is -2.29. The summed E-state index contributed by atoms with van der Waals surface area (Å²) >= 11 is 0. The van der Waals surface area contributed by atoms with Gasteiger partial charge in [0.25, 0.3) is 0 Å². The van der Waals surface area contributed by atoms with Crippen molar-refractivity contribution in [1.29, 1.82) is 0 Å². The second-order valence-electron chi connectivity index (χ2n) is 7.39. The number of amides is 1. The van der Waals surface area contributed by atoms with Crippen LogP contribution in [0.1, 0.15) is 37.9 Å². The highest BCUT2D eigenvalue weighted by atomic mass is 32.2. The molecule has 0 saturated heterocycles. The van der Waals surface area contributed by atoms with Gasteiger partial charge in [-0.3, -0.25) is 9.10 Å². The van der Waals surface area contributed by atoms with Gasteiger partial charge in [0.05, 0.1) is 18.0 Å². The minimum absolute atomic E-state index is 0.334. The van der Waals surface area contributed by atoms with Gasteiger partial charge in [-0.25, -0.2) is 8.42 Å². The Morgan fingerprint density at radius 2 is 1.70 bits per heavy atom. The first kappa shape index (κ1) is 22.0. The van der Waals surface area contributed by atoms with E-state index in [0.717, 1.165) is 28.1 Å². The van der Waals surface area contributed by atoms with E-state index >= 15 is 0 Å². The fraction of sp³-hybridized carbons (Fsp3) is 0.409. The topological polar surface area (TPSA) is 84.9 Å². The number of benzene rings is 2. The fourth-order valence-corrected chi connectivity index (χ4v) is 4.61. The predicted octanol–water partition coefficient (Wildman–Crippen LogP) is 3.05. The highest BCUT2D eigenvalue weighted by Gasteiger charge is 2.30. The van der Waals surface area contributed by atoms with Crippen molar-refractivity contribution in [3.8, 4) is 11.5 Å². The second kappa shape index (κ2) is 8.95. The van der Waals surface area contributed by atoms with E-state index in [9.17, 15) is 13.2 Å². The Labute approximate surface area is 178 Å². The van der Waals surface area contributed by atoms with Crippen molar-refractivity contribution >= 4 is 21.6 Å². The van der Waals surface area contributed by atoms with Crippen LogP contribution in [0.25, 0.3) is 0 Å². The largest absolute Gasteiger partial charge is 0.486 e. The number of hydrogen-bond acceptors (Lipinski definition) is 5. The number of anilines is 1. The zero-order chi connectivity index (χ0) is 21.9. The fourth-order valence-electron chi connectivity index (χ4n) is 3.43. The van der Waals surface area contributed by atoms with Gasteiger partial charge < -0.3 is 14.8 Å². The first-order chi connectivity index (χ1) is 14.2. The maximum Gasteiger partial charge on any atom is 0.244 e. The zero-order valence-corrected chi connectivity index (χ0v) is 18.5. The molecule has 2 atom stereocenters. The lowest BCUT2D eigenvalue weighted by Crippen LogP contribution is -2.48. The van der Waals surface area contributed by atoms with Crippen LogP contribution in [0.2, 0.25) is 0 Å². The lowest BCUT2D eigenvalue weighted by molar-refractivity contribution is -0.122. The van der Waals surface area contributed by atoms with E-state index in [1.54, 1.807) is 19.1 Å². The van der Waals surface area contributed by atoms with E-state index < -0.39 is 16.1 Å². The number of nitrogens with one attached hydrogen (secondary N) is 1. The molecule has 1 heterocycles. The van der Waals surface area contributed by atoms with Crippen molar-refractivity contribution in [2.75, 3.05) is 23.8 Å². The molecule has 0 radical (unpaired) electrons. The van der Waals surface area contributed by atoms with E-state index in [1.807, 2.05) is 44.2 Å².